The maximum Gasteiger partial charge on any atom is 0.239 e. The fourth-order valence-corrected chi connectivity index (χ4v) is 2.55. The molecular weight excluding hydrogens is 244 g/mol. The number of hydrogen-bond acceptors (Lipinski definition) is 5. The molecule has 16 heavy (non-hydrogen) atoms. The van der Waals surface area contributed by atoms with Crippen molar-refractivity contribution in [2.75, 3.05) is 5.32 Å². The molecule has 1 aromatic heterocycles. The van der Waals surface area contributed by atoms with Crippen molar-refractivity contribution in [1.82, 2.24) is 9.36 Å². The normalized spacial score (nSPS) is 17.6. The highest BCUT2D eigenvalue weighted by Crippen LogP contribution is 2.42. The molecule has 0 bridgehead atoms. The number of carbonyl (C=O) groups excluding carboxylic acids is 1. The van der Waals surface area contributed by atoms with E-state index >= 15 is 0 Å². The van der Waals surface area contributed by atoms with Crippen molar-refractivity contribution >= 4 is 39.8 Å². The molecule has 1 fully saturated rings. The van der Waals surface area contributed by atoms with E-state index in [-0.39, 0.29) is 10.9 Å². The van der Waals surface area contributed by atoms with Crippen LogP contribution in [0.4, 0.5) is 5.13 Å². The summed E-state index contributed by atoms with van der Waals surface area (Å²) in [5.74, 6) is 0.501. The van der Waals surface area contributed by atoms with E-state index in [2.05, 4.69) is 14.7 Å². The van der Waals surface area contributed by atoms with Crippen molar-refractivity contribution in [2.24, 2.45) is 11.1 Å². The van der Waals surface area contributed by atoms with Gasteiger partial charge in [-0.05, 0) is 19.8 Å². The second kappa shape index (κ2) is 4.06. The zero-order valence-corrected chi connectivity index (χ0v) is 10.5. The summed E-state index contributed by atoms with van der Waals surface area (Å²) in [6.45, 7) is 1.78. The molecule has 0 saturated heterocycles. The molecule has 1 heterocycles. The van der Waals surface area contributed by atoms with Crippen molar-refractivity contribution in [2.45, 2.75) is 26.2 Å². The van der Waals surface area contributed by atoms with Crippen molar-refractivity contribution in [3.63, 3.8) is 0 Å². The minimum absolute atomic E-state index is 0.151. The van der Waals surface area contributed by atoms with E-state index < -0.39 is 5.41 Å². The molecule has 0 aliphatic heterocycles. The van der Waals surface area contributed by atoms with Crippen LogP contribution in [-0.4, -0.2) is 20.3 Å². The number of rotatable bonds is 3. The van der Waals surface area contributed by atoms with Crippen molar-refractivity contribution in [3.8, 4) is 0 Å². The lowest BCUT2D eigenvalue weighted by atomic mass is 9.68. The largest absolute Gasteiger partial charge is 0.392 e. The van der Waals surface area contributed by atoms with Gasteiger partial charge in [-0.15, -0.1) is 0 Å². The van der Waals surface area contributed by atoms with E-state index in [1.165, 1.54) is 0 Å². The standard InChI is InChI=1S/C9H12N4OS2/c1-5-11-8(16-13-5)12-7(14)9(6(10)15)3-2-4-9/h2-4H2,1H3,(H2,10,15)(H,11,12,13,14). The average molecular weight is 256 g/mol. The van der Waals surface area contributed by atoms with Gasteiger partial charge in [0.25, 0.3) is 0 Å². The van der Waals surface area contributed by atoms with Crippen LogP contribution in [0.25, 0.3) is 0 Å². The monoisotopic (exact) mass is 256 g/mol. The molecule has 1 aliphatic carbocycles. The lowest BCUT2D eigenvalue weighted by molar-refractivity contribution is -0.125. The van der Waals surface area contributed by atoms with Gasteiger partial charge in [0.15, 0.2) is 0 Å². The summed E-state index contributed by atoms with van der Waals surface area (Å²) in [6, 6.07) is 0. The molecule has 0 unspecified atom stereocenters. The van der Waals surface area contributed by atoms with Gasteiger partial charge in [0.2, 0.25) is 11.0 Å². The number of aromatic nitrogens is 2. The van der Waals surface area contributed by atoms with Crippen LogP contribution in [0.15, 0.2) is 0 Å². The maximum absolute atomic E-state index is 12.0. The Labute approximate surface area is 103 Å². The van der Waals surface area contributed by atoms with Crippen LogP contribution in [0.2, 0.25) is 0 Å². The van der Waals surface area contributed by atoms with Gasteiger partial charge in [0.1, 0.15) is 5.82 Å². The number of nitrogens with one attached hydrogen (secondary N) is 1. The van der Waals surface area contributed by atoms with Gasteiger partial charge in [-0.25, -0.2) is 4.98 Å². The first-order valence-corrected chi connectivity index (χ1v) is 6.14. The predicted molar refractivity (Wildman–Crippen MR) is 66.3 cm³/mol. The molecule has 1 amide bonds. The Balaban J connectivity index is 2.10. The van der Waals surface area contributed by atoms with Crippen LogP contribution in [0.1, 0.15) is 25.1 Å². The summed E-state index contributed by atoms with van der Waals surface area (Å²) in [5.41, 5.74) is 4.97. The lowest BCUT2D eigenvalue weighted by Gasteiger charge is -2.38. The summed E-state index contributed by atoms with van der Waals surface area (Å²) in [7, 11) is 0. The van der Waals surface area contributed by atoms with E-state index in [1.807, 2.05) is 0 Å². The highest BCUT2D eigenvalue weighted by atomic mass is 32.1. The first kappa shape index (κ1) is 11.4. The van der Waals surface area contributed by atoms with Gasteiger partial charge in [0, 0.05) is 11.5 Å². The molecule has 1 aromatic rings. The number of anilines is 1. The third-order valence-electron chi connectivity index (χ3n) is 2.86. The Bertz CT molecular complexity index is 438. The van der Waals surface area contributed by atoms with Crippen molar-refractivity contribution < 1.29 is 4.79 Å². The second-order valence-electron chi connectivity index (χ2n) is 3.90. The molecule has 1 aliphatic rings. The van der Waals surface area contributed by atoms with Crippen LogP contribution in [0.3, 0.4) is 0 Å². The topological polar surface area (TPSA) is 80.9 Å². The Hall–Kier alpha value is -1.08. The van der Waals surface area contributed by atoms with Crippen LogP contribution >= 0.6 is 23.8 Å². The molecule has 2 rings (SSSR count). The summed E-state index contributed by atoms with van der Waals surface area (Å²) in [5, 5.41) is 3.23. The lowest BCUT2D eigenvalue weighted by Crippen LogP contribution is -2.50. The minimum atomic E-state index is -0.658. The molecule has 0 spiro atoms. The van der Waals surface area contributed by atoms with Gasteiger partial charge in [-0.2, -0.15) is 4.37 Å². The van der Waals surface area contributed by atoms with Crippen LogP contribution in [0, 0.1) is 12.3 Å². The SMILES string of the molecule is Cc1nsc(NC(=O)C2(C(N)=S)CCC2)n1. The van der Waals surface area contributed by atoms with Gasteiger partial charge >= 0.3 is 0 Å². The second-order valence-corrected chi connectivity index (χ2v) is 5.09. The van der Waals surface area contributed by atoms with Crippen molar-refractivity contribution in [3.05, 3.63) is 5.82 Å². The molecule has 0 radical (unpaired) electrons. The third kappa shape index (κ3) is 1.80. The molecule has 3 N–H and O–H groups in total. The highest BCUT2D eigenvalue weighted by Gasteiger charge is 2.47. The maximum atomic E-state index is 12.0. The number of amides is 1. The Kier molecular flexibility index (Phi) is 2.90. The van der Waals surface area contributed by atoms with E-state index in [9.17, 15) is 4.79 Å². The predicted octanol–water partition coefficient (Wildman–Crippen LogP) is 1.24. The van der Waals surface area contributed by atoms with Crippen LogP contribution < -0.4 is 11.1 Å². The molecule has 7 heteroatoms. The number of thiocarbonyl (C=S) groups is 1. The number of hydrogen-bond donors (Lipinski definition) is 2. The smallest absolute Gasteiger partial charge is 0.239 e. The molecule has 0 aromatic carbocycles. The first-order chi connectivity index (χ1) is 7.54. The Morgan fingerprint density at radius 2 is 2.31 bits per heavy atom. The van der Waals surface area contributed by atoms with E-state index in [1.54, 1.807) is 6.92 Å². The molecule has 86 valence electrons. The first-order valence-electron chi connectivity index (χ1n) is 4.96. The van der Waals surface area contributed by atoms with E-state index in [0.29, 0.717) is 11.0 Å². The zero-order chi connectivity index (χ0) is 11.8. The average Bonchev–Trinajstić information content (AvgIpc) is 2.47. The number of nitrogens with zero attached hydrogens (tertiary/aromatic N) is 2. The molecule has 1 saturated carbocycles. The van der Waals surface area contributed by atoms with Gasteiger partial charge in [-0.3, -0.25) is 10.1 Å². The fourth-order valence-electron chi connectivity index (χ4n) is 1.68. The van der Waals surface area contributed by atoms with Gasteiger partial charge in [-0.1, -0.05) is 18.6 Å². The minimum Gasteiger partial charge on any atom is -0.392 e. The molecule has 5 nitrogen and oxygen atoms in total. The Morgan fingerprint density at radius 1 is 1.62 bits per heavy atom. The molecule has 0 atom stereocenters. The number of carbonyl (C=O) groups is 1. The van der Waals surface area contributed by atoms with Crippen molar-refractivity contribution in [1.29, 1.82) is 0 Å². The van der Waals surface area contributed by atoms with Crippen LogP contribution in [0.5, 0.6) is 0 Å². The van der Waals surface area contributed by atoms with Gasteiger partial charge < -0.3 is 5.73 Å². The highest BCUT2D eigenvalue weighted by molar-refractivity contribution is 7.80. The number of aryl methyl sites for hydroxylation is 1. The summed E-state index contributed by atoms with van der Waals surface area (Å²) >= 11 is 6.13. The fraction of sp³-hybridized carbons (Fsp3) is 0.556. The summed E-state index contributed by atoms with van der Waals surface area (Å²) in [4.78, 5) is 16.4. The quantitative estimate of drug-likeness (QED) is 0.795. The number of nitrogens with two attached hydrogens (primary N) is 1. The third-order valence-corrected chi connectivity index (χ3v) is 3.97. The van der Waals surface area contributed by atoms with Gasteiger partial charge in [0.05, 0.1) is 10.4 Å². The van der Waals surface area contributed by atoms with E-state index in [0.717, 1.165) is 30.8 Å². The molecular formula is C9H12N4OS2. The zero-order valence-electron chi connectivity index (χ0n) is 8.82. The Morgan fingerprint density at radius 3 is 2.69 bits per heavy atom. The summed E-state index contributed by atoms with van der Waals surface area (Å²) < 4.78 is 3.99. The summed E-state index contributed by atoms with van der Waals surface area (Å²) in [6.07, 6.45) is 2.44. The van der Waals surface area contributed by atoms with E-state index in [4.69, 9.17) is 18.0 Å². The van der Waals surface area contributed by atoms with Crippen LogP contribution in [-0.2, 0) is 4.79 Å².